The van der Waals surface area contributed by atoms with Crippen LogP contribution in [-0.2, 0) is 19.3 Å². The SMILES string of the molecule is CCc1nc(F)c(CC)c([SiH3])c1CC. The van der Waals surface area contributed by atoms with Crippen LogP contribution in [0.3, 0.4) is 0 Å². The van der Waals surface area contributed by atoms with Gasteiger partial charge >= 0.3 is 0 Å². The van der Waals surface area contributed by atoms with Gasteiger partial charge in [-0.2, -0.15) is 4.39 Å². The lowest BCUT2D eigenvalue weighted by molar-refractivity contribution is 0.562. The molecule has 78 valence electrons. The summed E-state index contributed by atoms with van der Waals surface area (Å²) in [5.74, 6) is -0.244. The molecule has 0 saturated carbocycles. The third-order valence-electron chi connectivity index (χ3n) is 2.78. The quantitative estimate of drug-likeness (QED) is 0.535. The normalized spacial score (nSPS) is 10.9. The molecule has 0 N–H and O–H groups in total. The van der Waals surface area contributed by atoms with Crippen molar-refractivity contribution in [1.82, 2.24) is 4.98 Å². The number of aromatic nitrogens is 1. The summed E-state index contributed by atoms with van der Waals surface area (Å²) in [5, 5.41) is 1.24. The molecule has 1 heterocycles. The monoisotopic (exact) mass is 211 g/mol. The van der Waals surface area contributed by atoms with Crippen molar-refractivity contribution in [3.8, 4) is 0 Å². The molecule has 0 bridgehead atoms. The number of rotatable bonds is 3. The molecule has 14 heavy (non-hydrogen) atoms. The van der Waals surface area contributed by atoms with Crippen LogP contribution in [0.2, 0.25) is 0 Å². The van der Waals surface area contributed by atoms with E-state index in [0.29, 0.717) is 0 Å². The lowest BCUT2D eigenvalue weighted by Crippen LogP contribution is -2.22. The van der Waals surface area contributed by atoms with E-state index in [-0.39, 0.29) is 5.95 Å². The first kappa shape index (κ1) is 11.4. The van der Waals surface area contributed by atoms with Gasteiger partial charge in [-0.05, 0) is 24.8 Å². The van der Waals surface area contributed by atoms with Crippen LogP contribution in [0.15, 0.2) is 0 Å². The lowest BCUT2D eigenvalue weighted by Gasteiger charge is -2.13. The van der Waals surface area contributed by atoms with Gasteiger partial charge in [-0.25, -0.2) is 4.98 Å². The summed E-state index contributed by atoms with van der Waals surface area (Å²) < 4.78 is 13.5. The molecule has 0 amide bonds. The van der Waals surface area contributed by atoms with Crippen molar-refractivity contribution >= 4 is 15.4 Å². The van der Waals surface area contributed by atoms with Gasteiger partial charge in [0.05, 0.1) is 0 Å². The first-order chi connectivity index (χ1) is 6.65. The molecule has 0 atom stereocenters. The summed E-state index contributed by atoms with van der Waals surface area (Å²) in [6.07, 6.45) is 2.57. The van der Waals surface area contributed by atoms with Gasteiger partial charge in [0, 0.05) is 21.5 Å². The Morgan fingerprint density at radius 1 is 1.07 bits per heavy atom. The van der Waals surface area contributed by atoms with Crippen molar-refractivity contribution in [2.75, 3.05) is 0 Å². The summed E-state index contributed by atoms with van der Waals surface area (Å²) >= 11 is 0. The maximum Gasteiger partial charge on any atom is 0.216 e. The van der Waals surface area contributed by atoms with Gasteiger partial charge in [0.25, 0.3) is 0 Å². The van der Waals surface area contributed by atoms with Gasteiger partial charge in [-0.1, -0.05) is 26.0 Å². The standard InChI is InChI=1S/C11H18FNSi/c1-4-7-9(6-3)13-11(12)8(5-2)10(7)14/h4-6H2,1-3,14H3. The maximum atomic E-state index is 13.5. The highest BCUT2D eigenvalue weighted by Gasteiger charge is 2.12. The number of halogens is 1. The molecule has 0 aliphatic heterocycles. The first-order valence-electron chi connectivity index (χ1n) is 5.32. The van der Waals surface area contributed by atoms with E-state index in [4.69, 9.17) is 0 Å². The number of nitrogens with zero attached hydrogens (tertiary/aromatic N) is 1. The molecule has 1 aromatic heterocycles. The average molecular weight is 211 g/mol. The van der Waals surface area contributed by atoms with Crippen molar-refractivity contribution in [1.29, 1.82) is 0 Å². The van der Waals surface area contributed by atoms with Crippen LogP contribution in [0.1, 0.15) is 37.6 Å². The van der Waals surface area contributed by atoms with Crippen LogP contribution >= 0.6 is 0 Å². The zero-order chi connectivity index (χ0) is 10.7. The second-order valence-electron chi connectivity index (χ2n) is 3.49. The molecular weight excluding hydrogens is 193 g/mol. The number of aryl methyl sites for hydroxylation is 1. The van der Waals surface area contributed by atoms with Crippen LogP contribution in [-0.4, -0.2) is 15.2 Å². The maximum absolute atomic E-state index is 13.5. The molecule has 1 aromatic rings. The molecule has 0 spiro atoms. The lowest BCUT2D eigenvalue weighted by atomic mass is 10.0. The average Bonchev–Trinajstić information content (AvgIpc) is 2.17. The zero-order valence-corrected chi connectivity index (χ0v) is 11.4. The summed E-state index contributed by atoms with van der Waals surface area (Å²) in [6.45, 7) is 6.15. The van der Waals surface area contributed by atoms with Gasteiger partial charge in [0.1, 0.15) is 0 Å². The Hall–Kier alpha value is -0.703. The van der Waals surface area contributed by atoms with Crippen molar-refractivity contribution in [3.63, 3.8) is 0 Å². The van der Waals surface area contributed by atoms with E-state index in [2.05, 4.69) is 11.9 Å². The van der Waals surface area contributed by atoms with Crippen LogP contribution in [0.5, 0.6) is 0 Å². The molecule has 3 heteroatoms. The second-order valence-corrected chi connectivity index (χ2v) is 4.49. The molecule has 0 aliphatic rings. The van der Waals surface area contributed by atoms with E-state index in [0.717, 1.165) is 40.8 Å². The highest BCUT2D eigenvalue weighted by atomic mass is 28.1. The highest BCUT2D eigenvalue weighted by molar-refractivity contribution is 6.34. The molecule has 0 aromatic carbocycles. The number of pyridine rings is 1. The Labute approximate surface area is 88.2 Å². The third kappa shape index (κ3) is 1.87. The van der Waals surface area contributed by atoms with Crippen molar-refractivity contribution < 1.29 is 4.39 Å². The van der Waals surface area contributed by atoms with Gasteiger partial charge in [-0.3, -0.25) is 0 Å². The minimum absolute atomic E-state index is 0.244. The molecule has 1 nitrogen and oxygen atoms in total. The van der Waals surface area contributed by atoms with Gasteiger partial charge < -0.3 is 0 Å². The molecule has 0 saturated heterocycles. The summed E-state index contributed by atoms with van der Waals surface area (Å²) in [6, 6.07) is 0. The van der Waals surface area contributed by atoms with E-state index < -0.39 is 0 Å². The van der Waals surface area contributed by atoms with Crippen LogP contribution < -0.4 is 5.19 Å². The van der Waals surface area contributed by atoms with Crippen molar-refractivity contribution in [3.05, 3.63) is 22.8 Å². The number of hydrogen-bond acceptors (Lipinski definition) is 1. The van der Waals surface area contributed by atoms with Gasteiger partial charge in [0.2, 0.25) is 5.95 Å². The van der Waals surface area contributed by atoms with E-state index in [1.54, 1.807) is 0 Å². The van der Waals surface area contributed by atoms with Crippen LogP contribution in [0, 0.1) is 5.95 Å². The molecule has 0 radical (unpaired) electrons. The van der Waals surface area contributed by atoms with E-state index in [1.807, 2.05) is 13.8 Å². The van der Waals surface area contributed by atoms with Gasteiger partial charge in [0.15, 0.2) is 0 Å². The van der Waals surface area contributed by atoms with E-state index in [1.165, 1.54) is 10.8 Å². The molecule has 0 aliphatic carbocycles. The number of hydrogen-bond donors (Lipinski definition) is 0. The molecule has 1 rings (SSSR count). The summed E-state index contributed by atoms with van der Waals surface area (Å²) in [4.78, 5) is 4.05. The fourth-order valence-corrected chi connectivity index (χ4v) is 3.18. The Kier molecular flexibility index (Phi) is 3.81. The third-order valence-corrected chi connectivity index (χ3v) is 3.98. The largest absolute Gasteiger partial charge is 0.224 e. The molecular formula is C11H18FNSi. The van der Waals surface area contributed by atoms with Crippen molar-refractivity contribution in [2.24, 2.45) is 0 Å². The topological polar surface area (TPSA) is 12.9 Å². The zero-order valence-electron chi connectivity index (χ0n) is 9.45. The Bertz CT molecular complexity index is 337. The Morgan fingerprint density at radius 2 is 1.64 bits per heavy atom. The molecule has 0 fully saturated rings. The van der Waals surface area contributed by atoms with E-state index in [9.17, 15) is 4.39 Å². The second kappa shape index (κ2) is 4.69. The minimum Gasteiger partial charge on any atom is -0.224 e. The van der Waals surface area contributed by atoms with Crippen LogP contribution in [0.4, 0.5) is 4.39 Å². The Balaban J connectivity index is 3.39. The van der Waals surface area contributed by atoms with Crippen LogP contribution in [0.25, 0.3) is 0 Å². The fourth-order valence-electron chi connectivity index (χ4n) is 1.98. The van der Waals surface area contributed by atoms with E-state index >= 15 is 0 Å². The predicted molar refractivity (Wildman–Crippen MR) is 61.9 cm³/mol. The minimum atomic E-state index is -0.244. The Morgan fingerprint density at radius 3 is 2.07 bits per heavy atom. The smallest absolute Gasteiger partial charge is 0.216 e. The van der Waals surface area contributed by atoms with Crippen molar-refractivity contribution in [2.45, 2.75) is 40.0 Å². The summed E-state index contributed by atoms with van der Waals surface area (Å²) in [5.41, 5.74) is 3.08. The highest BCUT2D eigenvalue weighted by Crippen LogP contribution is 2.11. The fraction of sp³-hybridized carbons (Fsp3) is 0.545. The molecule has 0 unspecified atom stereocenters. The van der Waals surface area contributed by atoms with Gasteiger partial charge in [-0.15, -0.1) is 0 Å². The predicted octanol–water partition coefficient (Wildman–Crippen LogP) is 0.899. The summed E-state index contributed by atoms with van der Waals surface area (Å²) in [7, 11) is 0.918. The first-order valence-corrected chi connectivity index (χ1v) is 6.32.